The molecule has 16 heavy (non-hydrogen) atoms. The second-order valence-corrected chi connectivity index (χ2v) is 3.94. The first-order chi connectivity index (χ1) is 7.63. The van der Waals surface area contributed by atoms with E-state index in [1.165, 1.54) is 0 Å². The zero-order valence-corrected chi connectivity index (χ0v) is 9.95. The smallest absolute Gasteiger partial charge is 0.271 e. The van der Waals surface area contributed by atoms with E-state index < -0.39 is 0 Å². The number of nitrogens with zero attached hydrogens (tertiary/aromatic N) is 2. The molecular formula is C11H18N4O. The molecule has 1 rings (SSSR count). The van der Waals surface area contributed by atoms with Gasteiger partial charge in [0, 0.05) is 13.1 Å². The Bertz CT molecular complexity index is 334. The molecule has 5 heteroatoms. The van der Waals surface area contributed by atoms with Crippen LogP contribution in [0.25, 0.3) is 0 Å². The Balaban J connectivity index is 2.56. The van der Waals surface area contributed by atoms with Crippen LogP contribution >= 0.6 is 0 Å². The minimum Gasteiger partial charge on any atom is -0.369 e. The van der Waals surface area contributed by atoms with Crippen molar-refractivity contribution in [1.82, 2.24) is 15.5 Å². The maximum absolute atomic E-state index is 11.6. The fourth-order valence-corrected chi connectivity index (χ4v) is 1.12. The highest BCUT2D eigenvalue weighted by Crippen LogP contribution is 2.01. The highest BCUT2D eigenvalue weighted by atomic mass is 16.1. The summed E-state index contributed by atoms with van der Waals surface area (Å²) < 4.78 is 0. The molecule has 1 amide bonds. The Labute approximate surface area is 95.7 Å². The molecule has 0 bridgehead atoms. The average molecular weight is 222 g/mol. The van der Waals surface area contributed by atoms with Crippen LogP contribution < -0.4 is 10.6 Å². The number of rotatable bonds is 5. The lowest BCUT2D eigenvalue weighted by molar-refractivity contribution is 0.0943. The molecule has 1 aromatic rings. The van der Waals surface area contributed by atoms with E-state index in [1.54, 1.807) is 12.1 Å². The van der Waals surface area contributed by atoms with Crippen LogP contribution in [0.15, 0.2) is 12.1 Å². The number of anilines is 1. The van der Waals surface area contributed by atoms with E-state index in [2.05, 4.69) is 20.8 Å². The summed E-state index contributed by atoms with van der Waals surface area (Å²) in [5, 5.41) is 13.6. The van der Waals surface area contributed by atoms with Gasteiger partial charge in [0.15, 0.2) is 5.69 Å². The van der Waals surface area contributed by atoms with Gasteiger partial charge in [-0.15, -0.1) is 10.2 Å². The molecule has 2 N–H and O–H groups in total. The molecule has 0 aliphatic rings. The molecule has 88 valence electrons. The summed E-state index contributed by atoms with van der Waals surface area (Å²) in [6.07, 6.45) is 0. The minimum atomic E-state index is -0.177. The third-order valence-corrected chi connectivity index (χ3v) is 1.93. The molecule has 0 aliphatic heterocycles. The quantitative estimate of drug-likeness (QED) is 0.788. The SMILES string of the molecule is CCNc1ccc(C(=O)NCC(C)C)nn1. The number of amides is 1. The summed E-state index contributed by atoms with van der Waals surface area (Å²) in [4.78, 5) is 11.6. The van der Waals surface area contributed by atoms with E-state index in [0.29, 0.717) is 24.0 Å². The molecule has 0 saturated heterocycles. The third-order valence-electron chi connectivity index (χ3n) is 1.93. The topological polar surface area (TPSA) is 66.9 Å². The van der Waals surface area contributed by atoms with Crippen LogP contribution in [-0.4, -0.2) is 29.2 Å². The van der Waals surface area contributed by atoms with Crippen LogP contribution in [0.5, 0.6) is 0 Å². The lowest BCUT2D eigenvalue weighted by Crippen LogP contribution is -2.28. The molecule has 0 fully saturated rings. The maximum atomic E-state index is 11.6. The first-order valence-electron chi connectivity index (χ1n) is 5.49. The fourth-order valence-electron chi connectivity index (χ4n) is 1.12. The molecule has 0 saturated carbocycles. The highest BCUT2D eigenvalue weighted by molar-refractivity contribution is 5.92. The van der Waals surface area contributed by atoms with E-state index in [4.69, 9.17) is 0 Å². The monoisotopic (exact) mass is 222 g/mol. The largest absolute Gasteiger partial charge is 0.369 e. The van der Waals surface area contributed by atoms with Gasteiger partial charge in [-0.3, -0.25) is 4.79 Å². The van der Waals surface area contributed by atoms with Gasteiger partial charge in [-0.2, -0.15) is 0 Å². The normalized spacial score (nSPS) is 10.2. The fraction of sp³-hybridized carbons (Fsp3) is 0.545. The van der Waals surface area contributed by atoms with Gasteiger partial charge in [0.1, 0.15) is 5.82 Å². The van der Waals surface area contributed by atoms with Crippen molar-refractivity contribution in [1.29, 1.82) is 0 Å². The van der Waals surface area contributed by atoms with Gasteiger partial charge in [-0.05, 0) is 25.0 Å². The summed E-state index contributed by atoms with van der Waals surface area (Å²) in [6, 6.07) is 3.42. The second kappa shape index (κ2) is 6.05. The zero-order chi connectivity index (χ0) is 12.0. The molecule has 0 unspecified atom stereocenters. The molecule has 1 aromatic heterocycles. The van der Waals surface area contributed by atoms with E-state index in [1.807, 2.05) is 20.8 Å². The van der Waals surface area contributed by atoms with Crippen LogP contribution in [0.4, 0.5) is 5.82 Å². The maximum Gasteiger partial charge on any atom is 0.271 e. The summed E-state index contributed by atoms with van der Waals surface area (Å²) >= 11 is 0. The van der Waals surface area contributed by atoms with Crippen LogP contribution in [0.2, 0.25) is 0 Å². The van der Waals surface area contributed by atoms with Crippen LogP contribution in [-0.2, 0) is 0 Å². The van der Waals surface area contributed by atoms with Crippen LogP contribution in [0.3, 0.4) is 0 Å². The Morgan fingerprint density at radius 1 is 1.38 bits per heavy atom. The molecule has 0 aromatic carbocycles. The molecule has 0 spiro atoms. The molecule has 5 nitrogen and oxygen atoms in total. The predicted molar refractivity (Wildman–Crippen MR) is 63.4 cm³/mol. The Kier molecular flexibility index (Phi) is 4.69. The molecule has 0 aliphatic carbocycles. The van der Waals surface area contributed by atoms with Crippen molar-refractivity contribution < 1.29 is 4.79 Å². The highest BCUT2D eigenvalue weighted by Gasteiger charge is 2.07. The number of hydrogen-bond acceptors (Lipinski definition) is 4. The molecular weight excluding hydrogens is 204 g/mol. The second-order valence-electron chi connectivity index (χ2n) is 3.94. The van der Waals surface area contributed by atoms with Crippen molar-refractivity contribution in [3.8, 4) is 0 Å². The number of carbonyl (C=O) groups excluding carboxylic acids is 1. The van der Waals surface area contributed by atoms with E-state index in [-0.39, 0.29) is 5.91 Å². The minimum absolute atomic E-state index is 0.177. The lowest BCUT2D eigenvalue weighted by Gasteiger charge is -2.07. The van der Waals surface area contributed by atoms with Crippen molar-refractivity contribution in [2.75, 3.05) is 18.4 Å². The van der Waals surface area contributed by atoms with Gasteiger partial charge in [-0.1, -0.05) is 13.8 Å². The summed E-state index contributed by atoms with van der Waals surface area (Å²) in [7, 11) is 0. The predicted octanol–water partition coefficient (Wildman–Crippen LogP) is 1.29. The van der Waals surface area contributed by atoms with Gasteiger partial charge in [0.05, 0.1) is 0 Å². The molecule has 0 atom stereocenters. The van der Waals surface area contributed by atoms with E-state index >= 15 is 0 Å². The van der Waals surface area contributed by atoms with Gasteiger partial charge >= 0.3 is 0 Å². The van der Waals surface area contributed by atoms with E-state index in [9.17, 15) is 4.79 Å². The zero-order valence-electron chi connectivity index (χ0n) is 9.95. The standard InChI is InChI=1S/C11H18N4O/c1-4-12-10-6-5-9(14-15-10)11(16)13-7-8(2)3/h5-6,8H,4,7H2,1-3H3,(H,12,15)(H,13,16). The number of nitrogens with one attached hydrogen (secondary N) is 2. The Hall–Kier alpha value is -1.65. The van der Waals surface area contributed by atoms with Gasteiger partial charge < -0.3 is 10.6 Å². The molecule has 1 heterocycles. The first-order valence-corrected chi connectivity index (χ1v) is 5.49. The lowest BCUT2D eigenvalue weighted by atomic mass is 10.2. The van der Waals surface area contributed by atoms with Crippen LogP contribution in [0.1, 0.15) is 31.3 Å². The average Bonchev–Trinajstić information content (AvgIpc) is 2.27. The van der Waals surface area contributed by atoms with Crippen molar-refractivity contribution in [3.05, 3.63) is 17.8 Å². The summed E-state index contributed by atoms with van der Waals surface area (Å²) in [5.74, 6) is 0.935. The van der Waals surface area contributed by atoms with Gasteiger partial charge in [0.2, 0.25) is 0 Å². The summed E-state index contributed by atoms with van der Waals surface area (Å²) in [6.45, 7) is 7.49. The number of hydrogen-bond donors (Lipinski definition) is 2. The number of carbonyl (C=O) groups is 1. The van der Waals surface area contributed by atoms with Crippen molar-refractivity contribution in [2.24, 2.45) is 5.92 Å². The van der Waals surface area contributed by atoms with Crippen molar-refractivity contribution >= 4 is 11.7 Å². The van der Waals surface area contributed by atoms with E-state index in [0.717, 1.165) is 6.54 Å². The van der Waals surface area contributed by atoms with Crippen LogP contribution in [0, 0.1) is 5.92 Å². The van der Waals surface area contributed by atoms with Crippen molar-refractivity contribution in [2.45, 2.75) is 20.8 Å². The Morgan fingerprint density at radius 3 is 2.62 bits per heavy atom. The first kappa shape index (κ1) is 12.4. The molecule has 0 radical (unpaired) electrons. The van der Waals surface area contributed by atoms with Gasteiger partial charge in [-0.25, -0.2) is 0 Å². The summed E-state index contributed by atoms with van der Waals surface area (Å²) in [5.41, 5.74) is 0.349. The van der Waals surface area contributed by atoms with Gasteiger partial charge in [0.25, 0.3) is 5.91 Å². The third kappa shape index (κ3) is 3.84. The van der Waals surface area contributed by atoms with Crippen molar-refractivity contribution in [3.63, 3.8) is 0 Å². The Morgan fingerprint density at radius 2 is 2.12 bits per heavy atom. The number of aromatic nitrogens is 2.